The van der Waals surface area contributed by atoms with Gasteiger partial charge in [-0.1, -0.05) is 14.9 Å². The number of ether oxygens (including phenoxy) is 6. The van der Waals surface area contributed by atoms with Gasteiger partial charge in [-0.2, -0.15) is 0 Å². The molecule has 0 aliphatic heterocycles. The van der Waals surface area contributed by atoms with E-state index in [-0.39, 0.29) is 60.1 Å². The summed E-state index contributed by atoms with van der Waals surface area (Å²) in [5.74, 6) is -0.154. The Kier molecular flexibility index (Phi) is 30.4. The third kappa shape index (κ3) is 26.1. The van der Waals surface area contributed by atoms with Crippen LogP contribution in [0, 0.1) is 0 Å². The van der Waals surface area contributed by atoms with E-state index in [1.54, 1.807) is 0 Å². The molecule has 0 radical (unpaired) electrons. The normalized spacial score (nSPS) is 9.97. The first kappa shape index (κ1) is 38.1. The van der Waals surface area contributed by atoms with Crippen molar-refractivity contribution in [2.45, 2.75) is 46.6 Å². The summed E-state index contributed by atoms with van der Waals surface area (Å²) in [7, 11) is 3.02. The Bertz CT molecular complexity index is 526. The van der Waals surface area contributed by atoms with Crippen molar-refractivity contribution in [1.29, 1.82) is 0 Å². The van der Waals surface area contributed by atoms with Crippen LogP contribution in [0.5, 0.6) is 0 Å². The maximum absolute atomic E-state index is 11.9. The fraction of sp³-hybridized carbons (Fsp3) is 0.826. The van der Waals surface area contributed by atoms with Crippen LogP contribution >= 0.6 is 0 Å². The minimum atomic E-state index is -0.704. The van der Waals surface area contributed by atoms with Gasteiger partial charge in [0.2, 0.25) is 5.91 Å². The molecule has 0 aromatic heterocycles. The molecule has 0 aliphatic rings. The Balaban J connectivity index is -0.00000544. The Morgan fingerprint density at radius 1 is 0.750 bits per heavy atom. The highest BCUT2D eigenvalue weighted by atomic mass is 16.6. The van der Waals surface area contributed by atoms with Crippen LogP contribution in [0.25, 0.3) is 0 Å². The molecule has 0 fully saturated rings. The minimum absolute atomic E-state index is 0. The fourth-order valence-corrected chi connectivity index (χ4v) is 2.30. The highest BCUT2D eigenvalue weighted by Crippen LogP contribution is 2.00. The Hall–Kier alpha value is -2.48. The second kappa shape index (κ2) is 28.8. The summed E-state index contributed by atoms with van der Waals surface area (Å²) in [4.78, 5) is 45.5. The van der Waals surface area contributed by atoms with Crippen LogP contribution in [0.1, 0.15) is 40.5 Å². The van der Waals surface area contributed by atoms with Crippen molar-refractivity contribution in [1.82, 2.24) is 16.0 Å². The molecule has 214 valence electrons. The van der Waals surface area contributed by atoms with Crippen molar-refractivity contribution in [3.05, 3.63) is 0 Å². The van der Waals surface area contributed by atoms with E-state index in [4.69, 9.17) is 28.4 Å². The van der Waals surface area contributed by atoms with Crippen LogP contribution in [0.2, 0.25) is 0 Å². The van der Waals surface area contributed by atoms with Crippen molar-refractivity contribution in [3.63, 3.8) is 0 Å². The molecule has 0 saturated carbocycles. The van der Waals surface area contributed by atoms with Crippen LogP contribution < -0.4 is 16.0 Å². The number of carbonyl (C=O) groups excluding carboxylic acids is 4. The number of hydrogen-bond donors (Lipinski definition) is 3. The molecule has 3 amide bonds. The molecule has 3 N–H and O–H groups in total. The lowest BCUT2D eigenvalue weighted by Crippen LogP contribution is -2.35. The van der Waals surface area contributed by atoms with E-state index in [9.17, 15) is 19.2 Å². The number of methoxy groups -OCH3 is 2. The molecule has 0 spiro atoms. The molecule has 13 nitrogen and oxygen atoms in total. The van der Waals surface area contributed by atoms with Crippen molar-refractivity contribution >= 4 is 24.4 Å². The van der Waals surface area contributed by atoms with Crippen LogP contribution in [-0.4, -0.2) is 111 Å². The van der Waals surface area contributed by atoms with E-state index in [2.05, 4.69) is 16.0 Å². The zero-order chi connectivity index (χ0) is 25.3. The highest BCUT2D eigenvalue weighted by molar-refractivity contribution is 5.75. The Morgan fingerprint density at radius 2 is 1.31 bits per heavy atom. The van der Waals surface area contributed by atoms with Gasteiger partial charge in [0.15, 0.2) is 0 Å². The first-order valence-electron chi connectivity index (χ1n) is 11.2. The molecule has 0 bridgehead atoms. The SMILES string of the molecule is C.C.COCCNC(=O)OCC(COC(=O)NCCOC)OCCCC(=O)NCCOCCCC=O. The summed E-state index contributed by atoms with van der Waals surface area (Å²) in [6.07, 6.45) is 0.603. The molecule has 13 heteroatoms. The lowest BCUT2D eigenvalue weighted by Gasteiger charge is -2.18. The van der Waals surface area contributed by atoms with Crippen LogP contribution in [0.3, 0.4) is 0 Å². The van der Waals surface area contributed by atoms with Crippen molar-refractivity contribution in [2.24, 2.45) is 0 Å². The summed E-state index contributed by atoms with van der Waals surface area (Å²) in [6, 6.07) is 0. The summed E-state index contributed by atoms with van der Waals surface area (Å²) < 4.78 is 30.8. The first-order chi connectivity index (χ1) is 16.5. The minimum Gasteiger partial charge on any atom is -0.447 e. The average Bonchev–Trinajstić information content (AvgIpc) is 2.82. The quantitative estimate of drug-likeness (QED) is 0.139. The summed E-state index contributed by atoms with van der Waals surface area (Å²) in [6.45, 7) is 2.40. The predicted molar refractivity (Wildman–Crippen MR) is 134 cm³/mol. The van der Waals surface area contributed by atoms with Gasteiger partial charge in [-0.25, -0.2) is 9.59 Å². The standard InChI is InChI=1S/C21H39N3O10.2CH4/c1-29-13-7-23-20(27)33-16-18(17-34-21(28)24-8-14-30-2)32-12-5-6-19(26)22-9-15-31-11-4-3-10-25;;/h10,18H,3-9,11-17H2,1-2H3,(H,22,26)(H,23,27)(H,24,28);2*1H4. The summed E-state index contributed by atoms with van der Waals surface area (Å²) >= 11 is 0. The highest BCUT2D eigenvalue weighted by Gasteiger charge is 2.16. The average molecular weight is 526 g/mol. The number of hydrogen-bond acceptors (Lipinski definition) is 10. The second-order valence-electron chi connectivity index (χ2n) is 6.90. The number of alkyl carbamates (subject to hydrolysis) is 2. The van der Waals surface area contributed by atoms with Crippen LogP contribution in [-0.2, 0) is 38.0 Å². The number of carbonyl (C=O) groups is 4. The van der Waals surface area contributed by atoms with Gasteiger partial charge < -0.3 is 49.2 Å². The third-order valence-corrected chi connectivity index (χ3v) is 4.03. The molecule has 0 heterocycles. The zero-order valence-electron chi connectivity index (χ0n) is 20.1. The molecule has 0 rings (SSSR count). The van der Waals surface area contributed by atoms with Crippen molar-refractivity contribution in [2.75, 3.05) is 80.1 Å². The van der Waals surface area contributed by atoms with Crippen LogP contribution in [0.15, 0.2) is 0 Å². The molecule has 0 aliphatic carbocycles. The Labute approximate surface area is 215 Å². The number of aldehydes is 1. The summed E-state index contributed by atoms with van der Waals surface area (Å²) in [5.41, 5.74) is 0. The van der Waals surface area contributed by atoms with E-state index < -0.39 is 18.3 Å². The largest absolute Gasteiger partial charge is 0.447 e. The van der Waals surface area contributed by atoms with E-state index in [1.807, 2.05) is 0 Å². The molecular formula is C23H47N3O10. The van der Waals surface area contributed by atoms with E-state index in [1.165, 1.54) is 14.2 Å². The summed E-state index contributed by atoms with van der Waals surface area (Å²) in [5, 5.41) is 7.73. The van der Waals surface area contributed by atoms with Crippen molar-refractivity contribution in [3.8, 4) is 0 Å². The van der Waals surface area contributed by atoms with Gasteiger partial charge in [0.1, 0.15) is 25.6 Å². The lowest BCUT2D eigenvalue weighted by atomic mass is 10.3. The Morgan fingerprint density at radius 3 is 1.83 bits per heavy atom. The van der Waals surface area contributed by atoms with E-state index in [0.717, 1.165) is 6.29 Å². The monoisotopic (exact) mass is 525 g/mol. The first-order valence-corrected chi connectivity index (χ1v) is 11.2. The number of nitrogens with one attached hydrogen (secondary N) is 3. The number of rotatable bonds is 22. The van der Waals surface area contributed by atoms with Gasteiger partial charge in [0.25, 0.3) is 0 Å². The van der Waals surface area contributed by atoms with E-state index >= 15 is 0 Å². The molecule has 36 heavy (non-hydrogen) atoms. The van der Waals surface area contributed by atoms with Crippen LogP contribution in [0.4, 0.5) is 9.59 Å². The fourth-order valence-electron chi connectivity index (χ4n) is 2.30. The van der Waals surface area contributed by atoms with Gasteiger partial charge in [-0.15, -0.1) is 0 Å². The maximum Gasteiger partial charge on any atom is 0.407 e. The number of amides is 3. The molecule has 0 saturated heterocycles. The van der Waals surface area contributed by atoms with Gasteiger partial charge in [0, 0.05) is 59.9 Å². The van der Waals surface area contributed by atoms with Gasteiger partial charge >= 0.3 is 12.2 Å². The molecular weight excluding hydrogens is 478 g/mol. The third-order valence-electron chi connectivity index (χ3n) is 4.03. The predicted octanol–water partition coefficient (Wildman–Crippen LogP) is 1.28. The maximum atomic E-state index is 11.9. The molecule has 0 aromatic rings. The zero-order valence-corrected chi connectivity index (χ0v) is 20.1. The molecule has 0 atom stereocenters. The van der Waals surface area contributed by atoms with Gasteiger partial charge in [-0.3, -0.25) is 4.79 Å². The smallest absolute Gasteiger partial charge is 0.407 e. The van der Waals surface area contributed by atoms with Crippen molar-refractivity contribution < 1.29 is 47.6 Å². The molecule has 0 unspecified atom stereocenters. The van der Waals surface area contributed by atoms with Gasteiger partial charge in [-0.05, 0) is 12.8 Å². The number of unbranched alkanes of at least 4 members (excludes halogenated alkanes) is 1. The van der Waals surface area contributed by atoms with Gasteiger partial charge in [0.05, 0.1) is 19.8 Å². The second-order valence-corrected chi connectivity index (χ2v) is 6.90. The molecule has 0 aromatic carbocycles. The van der Waals surface area contributed by atoms with E-state index in [0.29, 0.717) is 52.2 Å². The lowest BCUT2D eigenvalue weighted by molar-refractivity contribution is -0.121. The topological polar surface area (TPSA) is 160 Å².